The molecular formula is C15H23NO. The van der Waals surface area contributed by atoms with Gasteiger partial charge < -0.3 is 10.1 Å². The fourth-order valence-corrected chi connectivity index (χ4v) is 2.70. The number of ether oxygens (including phenoxy) is 1. The summed E-state index contributed by atoms with van der Waals surface area (Å²) in [6.45, 7) is 4.40. The minimum atomic E-state index is 0.502. The highest BCUT2D eigenvalue weighted by atomic mass is 16.5. The van der Waals surface area contributed by atoms with E-state index in [9.17, 15) is 0 Å². The molecule has 0 bridgehead atoms. The zero-order chi connectivity index (χ0) is 12.1. The van der Waals surface area contributed by atoms with Crippen LogP contribution in [0.2, 0.25) is 0 Å². The molecule has 1 aliphatic carbocycles. The highest BCUT2D eigenvalue weighted by Gasteiger charge is 2.36. The number of nitrogens with one attached hydrogen (secondary N) is 1. The topological polar surface area (TPSA) is 21.3 Å². The smallest absolute Gasteiger partial charge is 0.119 e. The van der Waals surface area contributed by atoms with E-state index in [1.54, 1.807) is 7.11 Å². The van der Waals surface area contributed by atoms with Crippen LogP contribution in [-0.4, -0.2) is 20.2 Å². The van der Waals surface area contributed by atoms with Crippen molar-refractivity contribution in [2.24, 2.45) is 5.41 Å². The van der Waals surface area contributed by atoms with E-state index in [1.807, 2.05) is 6.07 Å². The summed E-state index contributed by atoms with van der Waals surface area (Å²) in [5.41, 5.74) is 1.91. The van der Waals surface area contributed by atoms with Crippen LogP contribution < -0.4 is 10.1 Å². The second kappa shape index (κ2) is 5.54. The lowest BCUT2D eigenvalue weighted by Gasteiger charge is -2.42. The molecule has 0 spiro atoms. The van der Waals surface area contributed by atoms with Gasteiger partial charge in [-0.05, 0) is 48.9 Å². The Balaban J connectivity index is 2.02. The van der Waals surface area contributed by atoms with E-state index in [2.05, 4.69) is 30.4 Å². The first-order valence-electron chi connectivity index (χ1n) is 6.62. The van der Waals surface area contributed by atoms with E-state index >= 15 is 0 Å². The van der Waals surface area contributed by atoms with Crippen LogP contribution in [0.4, 0.5) is 0 Å². The third-order valence-corrected chi connectivity index (χ3v) is 3.88. The molecule has 0 aliphatic heterocycles. The van der Waals surface area contributed by atoms with Gasteiger partial charge in [-0.1, -0.05) is 25.5 Å². The molecule has 0 heterocycles. The Kier molecular flexibility index (Phi) is 4.06. The Morgan fingerprint density at radius 3 is 2.76 bits per heavy atom. The van der Waals surface area contributed by atoms with Gasteiger partial charge in [-0.25, -0.2) is 0 Å². The van der Waals surface area contributed by atoms with Gasteiger partial charge in [-0.2, -0.15) is 0 Å². The molecule has 2 nitrogen and oxygen atoms in total. The average Bonchev–Trinajstić information content (AvgIpc) is 2.32. The summed E-state index contributed by atoms with van der Waals surface area (Å²) in [5, 5.41) is 3.51. The van der Waals surface area contributed by atoms with Crippen molar-refractivity contribution in [1.82, 2.24) is 5.32 Å². The summed E-state index contributed by atoms with van der Waals surface area (Å²) in [7, 11) is 1.73. The van der Waals surface area contributed by atoms with E-state index in [0.29, 0.717) is 5.41 Å². The van der Waals surface area contributed by atoms with Crippen LogP contribution in [0.3, 0.4) is 0 Å². The minimum Gasteiger partial charge on any atom is -0.497 e. The zero-order valence-electron chi connectivity index (χ0n) is 11.0. The van der Waals surface area contributed by atoms with Crippen LogP contribution in [0.15, 0.2) is 24.3 Å². The molecule has 1 N–H and O–H groups in total. The van der Waals surface area contributed by atoms with Crippen LogP contribution >= 0.6 is 0 Å². The lowest BCUT2D eigenvalue weighted by Crippen LogP contribution is -2.41. The molecule has 1 aromatic carbocycles. The Labute approximate surface area is 104 Å². The lowest BCUT2D eigenvalue weighted by atomic mass is 9.65. The zero-order valence-corrected chi connectivity index (χ0v) is 11.0. The first-order valence-corrected chi connectivity index (χ1v) is 6.62. The summed E-state index contributed by atoms with van der Waals surface area (Å²) in [6.07, 6.45) is 5.28. The first-order chi connectivity index (χ1) is 8.28. The van der Waals surface area contributed by atoms with Gasteiger partial charge in [0.1, 0.15) is 5.75 Å². The number of rotatable bonds is 6. The van der Waals surface area contributed by atoms with Crippen molar-refractivity contribution in [3.05, 3.63) is 29.8 Å². The number of benzene rings is 1. The second-order valence-corrected chi connectivity index (χ2v) is 5.16. The SMILES string of the molecule is CCNCC1(Cc2cccc(OC)c2)CCC1. The molecular weight excluding hydrogens is 210 g/mol. The standard InChI is InChI=1S/C15H23NO/c1-3-16-12-15(8-5-9-15)11-13-6-4-7-14(10-13)17-2/h4,6-7,10,16H,3,5,8-9,11-12H2,1-2H3. The van der Waals surface area contributed by atoms with Gasteiger partial charge >= 0.3 is 0 Å². The summed E-state index contributed by atoms with van der Waals surface area (Å²) in [4.78, 5) is 0. The van der Waals surface area contributed by atoms with Gasteiger partial charge in [-0.3, -0.25) is 0 Å². The molecule has 1 fully saturated rings. The molecule has 2 rings (SSSR count). The molecule has 0 aromatic heterocycles. The Bertz CT molecular complexity index is 358. The highest BCUT2D eigenvalue weighted by molar-refractivity contribution is 5.29. The maximum Gasteiger partial charge on any atom is 0.119 e. The number of hydrogen-bond donors (Lipinski definition) is 1. The summed E-state index contributed by atoms with van der Waals surface area (Å²) in [5.74, 6) is 0.973. The van der Waals surface area contributed by atoms with Gasteiger partial charge in [0.25, 0.3) is 0 Å². The van der Waals surface area contributed by atoms with E-state index in [-0.39, 0.29) is 0 Å². The highest BCUT2D eigenvalue weighted by Crippen LogP contribution is 2.43. The molecule has 94 valence electrons. The van der Waals surface area contributed by atoms with Crippen molar-refractivity contribution in [3.8, 4) is 5.75 Å². The van der Waals surface area contributed by atoms with E-state index < -0.39 is 0 Å². The monoisotopic (exact) mass is 233 g/mol. The maximum atomic E-state index is 5.29. The lowest BCUT2D eigenvalue weighted by molar-refractivity contribution is 0.131. The molecule has 1 aromatic rings. The summed E-state index contributed by atoms with van der Waals surface area (Å²) >= 11 is 0. The van der Waals surface area contributed by atoms with Gasteiger partial charge in [0, 0.05) is 6.54 Å². The van der Waals surface area contributed by atoms with Gasteiger partial charge in [0.05, 0.1) is 7.11 Å². The predicted octanol–water partition coefficient (Wildman–Crippen LogP) is 3.02. The van der Waals surface area contributed by atoms with Crippen molar-refractivity contribution >= 4 is 0 Å². The largest absolute Gasteiger partial charge is 0.497 e. The molecule has 0 amide bonds. The second-order valence-electron chi connectivity index (χ2n) is 5.16. The maximum absolute atomic E-state index is 5.29. The quantitative estimate of drug-likeness (QED) is 0.815. The van der Waals surface area contributed by atoms with Crippen molar-refractivity contribution < 1.29 is 4.74 Å². The fraction of sp³-hybridized carbons (Fsp3) is 0.600. The Morgan fingerprint density at radius 2 is 2.18 bits per heavy atom. The fourth-order valence-electron chi connectivity index (χ4n) is 2.70. The number of methoxy groups -OCH3 is 1. The predicted molar refractivity (Wildman–Crippen MR) is 71.5 cm³/mol. The molecule has 17 heavy (non-hydrogen) atoms. The van der Waals surface area contributed by atoms with Crippen LogP contribution in [0, 0.1) is 5.41 Å². The van der Waals surface area contributed by atoms with Crippen LogP contribution in [-0.2, 0) is 6.42 Å². The molecule has 1 saturated carbocycles. The molecule has 1 aliphatic rings. The average molecular weight is 233 g/mol. The Hall–Kier alpha value is -1.02. The van der Waals surface area contributed by atoms with E-state index in [1.165, 1.54) is 31.2 Å². The number of hydrogen-bond acceptors (Lipinski definition) is 2. The van der Waals surface area contributed by atoms with E-state index in [4.69, 9.17) is 4.74 Å². The van der Waals surface area contributed by atoms with Crippen molar-refractivity contribution in [2.75, 3.05) is 20.2 Å². The van der Waals surface area contributed by atoms with Crippen molar-refractivity contribution in [1.29, 1.82) is 0 Å². The van der Waals surface area contributed by atoms with Gasteiger partial charge in [0.2, 0.25) is 0 Å². The molecule has 0 atom stereocenters. The van der Waals surface area contributed by atoms with E-state index in [0.717, 1.165) is 18.8 Å². The third kappa shape index (κ3) is 3.01. The molecule has 0 radical (unpaired) electrons. The third-order valence-electron chi connectivity index (χ3n) is 3.88. The van der Waals surface area contributed by atoms with Crippen molar-refractivity contribution in [2.45, 2.75) is 32.6 Å². The molecule has 0 saturated heterocycles. The van der Waals surface area contributed by atoms with Crippen molar-refractivity contribution in [3.63, 3.8) is 0 Å². The van der Waals surface area contributed by atoms with Gasteiger partial charge in [0.15, 0.2) is 0 Å². The molecule has 0 unspecified atom stereocenters. The minimum absolute atomic E-state index is 0.502. The van der Waals surface area contributed by atoms with Crippen LogP contribution in [0.1, 0.15) is 31.7 Å². The van der Waals surface area contributed by atoms with Crippen LogP contribution in [0.5, 0.6) is 5.75 Å². The Morgan fingerprint density at radius 1 is 1.35 bits per heavy atom. The summed E-state index contributed by atoms with van der Waals surface area (Å²) < 4.78 is 5.29. The van der Waals surface area contributed by atoms with Crippen LogP contribution in [0.25, 0.3) is 0 Å². The normalized spacial score (nSPS) is 17.5. The summed E-state index contributed by atoms with van der Waals surface area (Å²) in [6, 6.07) is 8.50. The van der Waals surface area contributed by atoms with Gasteiger partial charge in [-0.15, -0.1) is 0 Å². The first kappa shape index (κ1) is 12.4. The molecule has 2 heteroatoms.